The van der Waals surface area contributed by atoms with Crippen LogP contribution in [0.25, 0.3) is 5.57 Å². The standard InChI is InChI=1S/C17H15N3O2/c1-20-11-14(13-7-3-4-8-15(13)20)17(22)19-18-10-12-6-2-5-9-16(12)21/h2-11,21H,1H3,(H,19,22). The summed E-state index contributed by atoms with van der Waals surface area (Å²) in [4.78, 5) is 13.3. The quantitative estimate of drug-likeness (QED) is 0.636. The van der Waals surface area contributed by atoms with Gasteiger partial charge in [0.1, 0.15) is 17.5 Å². The monoisotopic (exact) mass is 293 g/mol. The van der Waals surface area contributed by atoms with Gasteiger partial charge in [-0.3, -0.25) is 9.69 Å². The number of hydrogen-bond donors (Lipinski definition) is 2. The third kappa shape index (κ3) is 2.62. The maximum Gasteiger partial charge on any atom is 0.277 e. The maximum absolute atomic E-state index is 12.2. The molecule has 1 unspecified atom stereocenters. The van der Waals surface area contributed by atoms with Crippen LogP contribution in [0.2, 0.25) is 0 Å². The smallest absolute Gasteiger partial charge is 0.277 e. The fourth-order valence-electron chi connectivity index (χ4n) is 2.43. The number of hydrogen-bond acceptors (Lipinski definition) is 3. The lowest BCUT2D eigenvalue weighted by molar-refractivity contribution is -0.747. The molecular weight excluding hydrogens is 278 g/mol. The molecule has 1 amide bonds. The zero-order valence-corrected chi connectivity index (χ0v) is 12.0. The van der Waals surface area contributed by atoms with Gasteiger partial charge in [-0.15, -0.1) is 0 Å². The predicted octanol–water partition coefficient (Wildman–Crippen LogP) is 0.411. The van der Waals surface area contributed by atoms with E-state index in [1.54, 1.807) is 18.2 Å². The predicted molar refractivity (Wildman–Crippen MR) is 82.6 cm³/mol. The summed E-state index contributed by atoms with van der Waals surface area (Å²) in [5.74, 6) is -0.418. The molecule has 2 aromatic carbocycles. The molecule has 1 aliphatic rings. The van der Waals surface area contributed by atoms with Crippen LogP contribution < -0.4 is 15.4 Å². The molecule has 1 atom stereocenters. The number of fused-ring (bicyclic) bond motifs is 1. The van der Waals surface area contributed by atoms with Crippen molar-refractivity contribution < 1.29 is 14.8 Å². The van der Waals surface area contributed by atoms with Crippen molar-refractivity contribution in [1.29, 1.82) is 0 Å². The molecule has 2 aromatic rings. The summed E-state index contributed by atoms with van der Waals surface area (Å²) in [5.41, 5.74) is 5.45. The first-order valence-corrected chi connectivity index (χ1v) is 6.91. The van der Waals surface area contributed by atoms with Crippen molar-refractivity contribution in [3.8, 4) is 5.75 Å². The van der Waals surface area contributed by atoms with Crippen LogP contribution in [-0.4, -0.2) is 19.2 Å². The maximum atomic E-state index is 12.2. The van der Waals surface area contributed by atoms with Gasteiger partial charge >= 0.3 is 0 Å². The molecule has 0 bridgehead atoms. The lowest BCUT2D eigenvalue weighted by atomic mass is 10.1. The third-order valence-corrected chi connectivity index (χ3v) is 3.54. The average Bonchev–Trinajstić information content (AvgIpc) is 2.87. The summed E-state index contributed by atoms with van der Waals surface area (Å²) in [5, 5.41) is 15.4. The molecule has 0 saturated carbocycles. The Hall–Kier alpha value is -2.92. The molecule has 5 nitrogen and oxygen atoms in total. The largest absolute Gasteiger partial charge is 0.872 e. The molecule has 5 heteroatoms. The molecule has 3 rings (SSSR count). The highest BCUT2D eigenvalue weighted by molar-refractivity contribution is 6.21. The number of nitrogens with zero attached hydrogens (tertiary/aromatic N) is 1. The summed E-state index contributed by atoms with van der Waals surface area (Å²) in [6, 6.07) is 14.3. The Morgan fingerprint density at radius 1 is 1.18 bits per heavy atom. The molecule has 0 radical (unpaired) electrons. The zero-order valence-electron chi connectivity index (χ0n) is 12.0. The van der Waals surface area contributed by atoms with Gasteiger partial charge in [0.2, 0.25) is 0 Å². The Kier molecular flexibility index (Phi) is 3.72. The molecule has 0 aliphatic carbocycles. The average molecular weight is 293 g/mol. The van der Waals surface area contributed by atoms with Gasteiger partial charge < -0.3 is 5.11 Å². The Bertz CT molecular complexity index is 781. The Morgan fingerprint density at radius 2 is 1.91 bits per heavy atom. The van der Waals surface area contributed by atoms with Crippen molar-refractivity contribution in [2.24, 2.45) is 5.10 Å². The van der Waals surface area contributed by atoms with Crippen molar-refractivity contribution in [1.82, 2.24) is 5.43 Å². The van der Waals surface area contributed by atoms with Gasteiger partial charge in [-0.2, -0.15) is 5.10 Å². The minimum absolute atomic E-state index is 0.130. The SMILES string of the molecule is C[NH+]1C=C(C(=O)NN=Cc2ccccc2[O-])c2ccccc21. The number of amides is 1. The Labute approximate surface area is 128 Å². The topological polar surface area (TPSA) is 69.0 Å². The number of carbonyl (C=O) groups excluding carboxylic acids is 1. The van der Waals surface area contributed by atoms with Gasteiger partial charge in [0.05, 0.1) is 18.8 Å². The first-order valence-electron chi connectivity index (χ1n) is 6.91. The number of carbonyl (C=O) groups is 1. The van der Waals surface area contributed by atoms with Crippen molar-refractivity contribution in [2.75, 3.05) is 7.05 Å². The molecule has 110 valence electrons. The van der Waals surface area contributed by atoms with E-state index in [9.17, 15) is 9.90 Å². The van der Waals surface area contributed by atoms with Gasteiger partial charge in [0.15, 0.2) is 0 Å². The number of hydrazone groups is 1. The van der Waals surface area contributed by atoms with Gasteiger partial charge in [-0.1, -0.05) is 42.1 Å². The van der Waals surface area contributed by atoms with E-state index in [2.05, 4.69) is 10.5 Å². The highest BCUT2D eigenvalue weighted by Crippen LogP contribution is 2.24. The minimum Gasteiger partial charge on any atom is -0.872 e. The second-order valence-corrected chi connectivity index (χ2v) is 5.02. The highest BCUT2D eigenvalue weighted by atomic mass is 16.3. The van der Waals surface area contributed by atoms with Crippen LogP contribution in [-0.2, 0) is 4.79 Å². The summed E-state index contributed by atoms with van der Waals surface area (Å²) in [6.45, 7) is 0. The van der Waals surface area contributed by atoms with Crippen LogP contribution in [0.3, 0.4) is 0 Å². The molecule has 0 fully saturated rings. The van der Waals surface area contributed by atoms with E-state index in [1.807, 2.05) is 37.5 Å². The molecule has 0 aromatic heterocycles. The molecule has 2 N–H and O–H groups in total. The molecule has 0 saturated heterocycles. The number of quaternary nitrogens is 1. The van der Waals surface area contributed by atoms with Crippen molar-refractivity contribution in [3.63, 3.8) is 0 Å². The van der Waals surface area contributed by atoms with Gasteiger partial charge in [0, 0.05) is 6.07 Å². The van der Waals surface area contributed by atoms with E-state index in [0.29, 0.717) is 11.1 Å². The van der Waals surface area contributed by atoms with Crippen LogP contribution in [0.4, 0.5) is 5.69 Å². The fraction of sp³-hybridized carbons (Fsp3) is 0.0588. The van der Waals surface area contributed by atoms with Crippen molar-refractivity contribution >= 4 is 23.4 Å². The third-order valence-electron chi connectivity index (χ3n) is 3.54. The summed E-state index contributed by atoms with van der Waals surface area (Å²) < 4.78 is 0. The number of nitrogens with one attached hydrogen (secondary N) is 2. The number of benzene rings is 2. The Morgan fingerprint density at radius 3 is 2.73 bits per heavy atom. The second kappa shape index (κ2) is 5.83. The second-order valence-electron chi connectivity index (χ2n) is 5.02. The van der Waals surface area contributed by atoms with Crippen LogP contribution in [0.5, 0.6) is 5.75 Å². The fourth-order valence-corrected chi connectivity index (χ4v) is 2.43. The van der Waals surface area contributed by atoms with Crippen molar-refractivity contribution in [2.45, 2.75) is 0 Å². The number of para-hydroxylation sites is 2. The lowest BCUT2D eigenvalue weighted by Crippen LogP contribution is -2.97. The molecule has 1 aliphatic heterocycles. The van der Waals surface area contributed by atoms with Gasteiger partial charge in [-0.25, -0.2) is 5.43 Å². The van der Waals surface area contributed by atoms with E-state index >= 15 is 0 Å². The van der Waals surface area contributed by atoms with E-state index in [-0.39, 0.29) is 11.7 Å². The van der Waals surface area contributed by atoms with Crippen LogP contribution in [0.1, 0.15) is 11.1 Å². The van der Waals surface area contributed by atoms with Crippen LogP contribution >= 0.6 is 0 Å². The zero-order chi connectivity index (χ0) is 15.5. The minimum atomic E-state index is -0.288. The lowest BCUT2D eigenvalue weighted by Gasteiger charge is -2.07. The molecule has 0 spiro atoms. The van der Waals surface area contributed by atoms with Gasteiger partial charge in [0.25, 0.3) is 5.91 Å². The molecule has 1 heterocycles. The molecular formula is C17H15N3O2. The summed E-state index contributed by atoms with van der Waals surface area (Å²) in [6.07, 6.45) is 3.20. The molecule has 22 heavy (non-hydrogen) atoms. The van der Waals surface area contributed by atoms with Crippen LogP contribution in [0.15, 0.2) is 59.8 Å². The normalized spacial score (nSPS) is 16.4. The van der Waals surface area contributed by atoms with Crippen LogP contribution in [0, 0.1) is 0 Å². The summed E-state index contributed by atoms with van der Waals surface area (Å²) in [7, 11) is 1.97. The van der Waals surface area contributed by atoms with E-state index in [0.717, 1.165) is 16.2 Å². The van der Waals surface area contributed by atoms with E-state index < -0.39 is 0 Å². The first kappa shape index (κ1) is 14.0. The number of rotatable bonds is 3. The first-order chi connectivity index (χ1) is 10.7. The van der Waals surface area contributed by atoms with Crippen molar-refractivity contribution in [3.05, 3.63) is 65.9 Å². The summed E-state index contributed by atoms with van der Waals surface area (Å²) >= 11 is 0. The Balaban J connectivity index is 1.74. The van der Waals surface area contributed by atoms with E-state index in [4.69, 9.17) is 0 Å². The van der Waals surface area contributed by atoms with Gasteiger partial charge in [-0.05, 0) is 11.6 Å². The highest BCUT2D eigenvalue weighted by Gasteiger charge is 2.27. The van der Waals surface area contributed by atoms with E-state index in [1.165, 1.54) is 12.3 Å².